The van der Waals surface area contributed by atoms with E-state index < -0.39 is 0 Å². The van der Waals surface area contributed by atoms with Crippen molar-refractivity contribution in [1.29, 1.82) is 0 Å². The molecule has 0 amide bonds. The van der Waals surface area contributed by atoms with Gasteiger partial charge in [-0.3, -0.25) is 0 Å². The largest absolute Gasteiger partial charge is 0.360 e. The molecule has 74 valence electrons. The number of hydrogen-bond acceptors (Lipinski definition) is 1. The normalized spacial score (nSPS) is 11.0. The minimum Gasteiger partial charge on any atom is -0.360 e. The molecule has 0 saturated heterocycles. The van der Waals surface area contributed by atoms with Crippen LogP contribution >= 0.6 is 15.9 Å². The smallest absolute Gasteiger partial charge is 0.0598 e. The molecule has 0 atom stereocenters. The lowest BCUT2D eigenvalue weighted by Gasteiger charge is -2.03. The second-order valence-corrected chi connectivity index (χ2v) is 4.23. The summed E-state index contributed by atoms with van der Waals surface area (Å²) in [5.74, 6) is 0. The van der Waals surface area contributed by atoms with Crippen LogP contribution in [0.1, 0.15) is 5.56 Å². The summed E-state index contributed by atoms with van der Waals surface area (Å²) < 4.78 is 1.14. The van der Waals surface area contributed by atoms with Crippen LogP contribution in [0.3, 0.4) is 0 Å². The first-order valence-electron chi connectivity index (χ1n) is 4.71. The molecule has 0 aliphatic heterocycles. The Hall–Kier alpha value is -0.800. The molecule has 2 aromatic rings. The van der Waals surface area contributed by atoms with Crippen molar-refractivity contribution in [1.82, 2.24) is 10.3 Å². The molecule has 2 N–H and O–H groups in total. The maximum atomic E-state index is 3.57. The Morgan fingerprint density at radius 1 is 1.43 bits per heavy atom. The van der Waals surface area contributed by atoms with Crippen LogP contribution in [0.4, 0.5) is 0 Å². The molecule has 1 aromatic heterocycles. The van der Waals surface area contributed by atoms with Crippen molar-refractivity contribution < 1.29 is 0 Å². The lowest BCUT2D eigenvalue weighted by Crippen LogP contribution is -2.10. The number of hydrogen-bond donors (Lipinski definition) is 2. The molecule has 0 aliphatic carbocycles. The van der Waals surface area contributed by atoms with E-state index in [4.69, 9.17) is 0 Å². The van der Waals surface area contributed by atoms with Crippen LogP contribution in [-0.4, -0.2) is 18.6 Å². The molecule has 0 spiro atoms. The zero-order valence-electron chi connectivity index (χ0n) is 8.10. The van der Waals surface area contributed by atoms with Gasteiger partial charge in [-0.1, -0.05) is 0 Å². The quantitative estimate of drug-likeness (QED) is 0.864. The van der Waals surface area contributed by atoms with E-state index in [9.17, 15) is 0 Å². The number of rotatable bonds is 3. The van der Waals surface area contributed by atoms with Crippen LogP contribution in [0.2, 0.25) is 0 Å². The standard InChI is InChI=1S/C11H13BrN2/c1-13-4-2-8-6-9-3-5-14-11(9)10(12)7-8/h3,5-7,13-14H,2,4H2,1H3. The number of halogens is 1. The Kier molecular flexibility index (Phi) is 2.89. The Balaban J connectivity index is 2.38. The molecule has 14 heavy (non-hydrogen) atoms. The van der Waals surface area contributed by atoms with Crippen molar-refractivity contribution in [3.8, 4) is 0 Å². The summed E-state index contributed by atoms with van der Waals surface area (Å²) in [5.41, 5.74) is 2.54. The zero-order valence-corrected chi connectivity index (χ0v) is 9.69. The number of likely N-dealkylation sites (N-methyl/N-ethyl adjacent to an activating group) is 1. The van der Waals surface area contributed by atoms with Gasteiger partial charge in [0.1, 0.15) is 0 Å². The molecule has 1 aromatic carbocycles. The molecule has 0 radical (unpaired) electrons. The van der Waals surface area contributed by atoms with Crippen molar-refractivity contribution >= 4 is 26.8 Å². The first-order chi connectivity index (χ1) is 6.81. The van der Waals surface area contributed by atoms with Crippen molar-refractivity contribution in [3.05, 3.63) is 34.4 Å². The van der Waals surface area contributed by atoms with Crippen LogP contribution < -0.4 is 5.32 Å². The van der Waals surface area contributed by atoms with Gasteiger partial charge in [0.05, 0.1) is 5.52 Å². The van der Waals surface area contributed by atoms with Gasteiger partial charge in [0, 0.05) is 16.1 Å². The van der Waals surface area contributed by atoms with E-state index in [1.807, 2.05) is 13.2 Å². The molecule has 0 bridgehead atoms. The van der Waals surface area contributed by atoms with Crippen LogP contribution in [0.5, 0.6) is 0 Å². The number of fused-ring (bicyclic) bond motifs is 1. The maximum Gasteiger partial charge on any atom is 0.0598 e. The Morgan fingerprint density at radius 2 is 2.29 bits per heavy atom. The average molecular weight is 253 g/mol. The van der Waals surface area contributed by atoms with E-state index in [-0.39, 0.29) is 0 Å². The topological polar surface area (TPSA) is 27.8 Å². The molecule has 2 nitrogen and oxygen atoms in total. The predicted molar refractivity (Wildman–Crippen MR) is 63.6 cm³/mol. The molecule has 3 heteroatoms. The first kappa shape index (κ1) is 9.74. The summed E-state index contributed by atoms with van der Waals surface area (Å²) in [6.45, 7) is 1.02. The molecule has 0 aliphatic rings. The van der Waals surface area contributed by atoms with E-state index in [2.05, 4.69) is 44.4 Å². The fourth-order valence-electron chi connectivity index (χ4n) is 1.60. The van der Waals surface area contributed by atoms with Gasteiger partial charge in [-0.25, -0.2) is 0 Å². The summed E-state index contributed by atoms with van der Waals surface area (Å²) in [5, 5.41) is 4.42. The molecule has 0 unspecified atom stereocenters. The number of nitrogens with one attached hydrogen (secondary N) is 2. The van der Waals surface area contributed by atoms with Gasteiger partial charge >= 0.3 is 0 Å². The first-order valence-corrected chi connectivity index (χ1v) is 5.50. The minimum atomic E-state index is 1.02. The van der Waals surface area contributed by atoms with Crippen molar-refractivity contribution in [2.24, 2.45) is 0 Å². The van der Waals surface area contributed by atoms with Crippen LogP contribution in [-0.2, 0) is 6.42 Å². The second-order valence-electron chi connectivity index (χ2n) is 3.37. The third kappa shape index (κ3) is 1.83. The SMILES string of the molecule is CNCCc1cc(Br)c2[nH]ccc2c1. The summed E-state index contributed by atoms with van der Waals surface area (Å²) in [6, 6.07) is 6.51. The van der Waals surface area contributed by atoms with E-state index >= 15 is 0 Å². The minimum absolute atomic E-state index is 1.02. The highest BCUT2D eigenvalue weighted by atomic mass is 79.9. The highest BCUT2D eigenvalue weighted by molar-refractivity contribution is 9.10. The number of benzene rings is 1. The number of H-pyrrole nitrogens is 1. The van der Waals surface area contributed by atoms with Gasteiger partial charge in [0.15, 0.2) is 0 Å². The molecule has 0 fully saturated rings. The molecular weight excluding hydrogens is 240 g/mol. The van der Waals surface area contributed by atoms with E-state index in [0.717, 1.165) is 17.4 Å². The zero-order chi connectivity index (χ0) is 9.97. The highest BCUT2D eigenvalue weighted by Gasteiger charge is 2.02. The van der Waals surface area contributed by atoms with Gasteiger partial charge in [0.2, 0.25) is 0 Å². The van der Waals surface area contributed by atoms with Crippen molar-refractivity contribution in [2.75, 3.05) is 13.6 Å². The Bertz CT molecular complexity index is 434. The average Bonchev–Trinajstić information content (AvgIpc) is 2.63. The number of aromatic amines is 1. The molecule has 0 saturated carbocycles. The van der Waals surface area contributed by atoms with Crippen LogP contribution in [0, 0.1) is 0 Å². The van der Waals surface area contributed by atoms with Crippen molar-refractivity contribution in [2.45, 2.75) is 6.42 Å². The van der Waals surface area contributed by atoms with E-state index in [1.165, 1.54) is 16.5 Å². The summed E-state index contributed by atoms with van der Waals surface area (Å²) in [6.07, 6.45) is 3.04. The van der Waals surface area contributed by atoms with Gasteiger partial charge in [-0.05, 0) is 59.7 Å². The monoisotopic (exact) mass is 252 g/mol. The third-order valence-electron chi connectivity index (χ3n) is 2.33. The lowest BCUT2D eigenvalue weighted by atomic mass is 10.1. The van der Waals surface area contributed by atoms with Crippen molar-refractivity contribution in [3.63, 3.8) is 0 Å². The highest BCUT2D eigenvalue weighted by Crippen LogP contribution is 2.24. The van der Waals surface area contributed by atoms with Gasteiger partial charge in [-0.15, -0.1) is 0 Å². The van der Waals surface area contributed by atoms with Crippen LogP contribution in [0.15, 0.2) is 28.9 Å². The Morgan fingerprint density at radius 3 is 3.07 bits per heavy atom. The van der Waals surface area contributed by atoms with Gasteiger partial charge in [-0.2, -0.15) is 0 Å². The second kappa shape index (κ2) is 4.15. The molecular formula is C11H13BrN2. The molecule has 1 heterocycles. The summed E-state index contributed by atoms with van der Waals surface area (Å²) in [7, 11) is 1.98. The predicted octanol–water partition coefficient (Wildman–Crippen LogP) is 2.69. The third-order valence-corrected chi connectivity index (χ3v) is 2.96. The van der Waals surface area contributed by atoms with Crippen LogP contribution in [0.25, 0.3) is 10.9 Å². The number of aromatic nitrogens is 1. The lowest BCUT2D eigenvalue weighted by molar-refractivity contribution is 0.792. The summed E-state index contributed by atoms with van der Waals surface area (Å²) >= 11 is 3.57. The maximum absolute atomic E-state index is 3.57. The fourth-order valence-corrected chi connectivity index (χ4v) is 2.24. The summed E-state index contributed by atoms with van der Waals surface area (Å²) in [4.78, 5) is 3.21. The van der Waals surface area contributed by atoms with E-state index in [0.29, 0.717) is 0 Å². The Labute approximate surface area is 91.8 Å². The van der Waals surface area contributed by atoms with Gasteiger partial charge < -0.3 is 10.3 Å². The van der Waals surface area contributed by atoms with Gasteiger partial charge in [0.25, 0.3) is 0 Å². The van der Waals surface area contributed by atoms with E-state index in [1.54, 1.807) is 0 Å². The fraction of sp³-hybridized carbons (Fsp3) is 0.273. The molecule has 2 rings (SSSR count).